The molecule has 0 amide bonds. The zero-order valence-corrected chi connectivity index (χ0v) is 26.5. The largest absolute Gasteiger partial charge is 0.460 e. The molecule has 0 saturated carbocycles. The Bertz CT molecular complexity index is 531. The van der Waals surface area contributed by atoms with Crippen LogP contribution in [0.2, 0.25) is 0 Å². The number of unbranched alkanes of at least 4 members (excludes halogenated alkanes) is 5. The van der Waals surface area contributed by atoms with E-state index >= 15 is 0 Å². The summed E-state index contributed by atoms with van der Waals surface area (Å²) in [5.74, 6) is -25.5. The van der Waals surface area contributed by atoms with Gasteiger partial charge in [-0.15, -0.1) is 0 Å². The highest BCUT2D eigenvalue weighted by Gasteiger charge is 2.81. The third-order valence-electron chi connectivity index (χ3n) is 3.70. The zero-order valence-electron chi connectivity index (χ0n) is 17.9. The Morgan fingerprint density at radius 2 is 0.649 bits per heavy atom. The molecule has 0 fully saturated rings. The number of alkyl halides is 21. The second-order valence-corrected chi connectivity index (χ2v) is 11.9. The zero-order chi connectivity index (χ0) is 30.9. The van der Waals surface area contributed by atoms with Crippen molar-refractivity contribution >= 4 is 90.4 Å². The summed E-state index contributed by atoms with van der Waals surface area (Å²) in [6, 6.07) is 0. The highest BCUT2D eigenvalue weighted by Crippen LogP contribution is 2.57. The predicted octanol–water partition coefficient (Wildman–Crippen LogP) is 11.9. The summed E-state index contributed by atoms with van der Waals surface area (Å²) in [6.07, 6.45) is 1.84. The Balaban J connectivity index is -0.000000481. The maximum absolute atomic E-state index is 12.2. The first-order valence-corrected chi connectivity index (χ1v) is 14.0. The van der Waals surface area contributed by atoms with Crippen molar-refractivity contribution in [3.8, 4) is 0 Å². The van der Waals surface area contributed by atoms with Crippen molar-refractivity contribution in [3.05, 3.63) is 0 Å². The van der Waals surface area contributed by atoms with Gasteiger partial charge in [-0.1, -0.05) is 61.6 Å². The molecule has 0 spiro atoms. The molecule has 0 N–H and O–H groups in total. The van der Waals surface area contributed by atoms with Crippen LogP contribution >= 0.6 is 90.4 Å². The second-order valence-electron chi connectivity index (χ2n) is 6.75. The van der Waals surface area contributed by atoms with E-state index in [0.29, 0.717) is 0 Å². The van der Waals surface area contributed by atoms with Gasteiger partial charge >= 0.3 is 41.7 Å². The van der Waals surface area contributed by atoms with E-state index in [2.05, 4.69) is 29.5 Å². The van der Waals surface area contributed by atoms with Crippen LogP contribution in [0.3, 0.4) is 0 Å². The first kappa shape index (κ1) is 43.2. The van der Waals surface area contributed by atoms with E-state index in [1.165, 1.54) is 43.0 Å². The molecule has 0 nitrogen and oxygen atoms in total. The molecule has 0 aliphatic rings. The molecule has 0 saturated heterocycles. The van der Waals surface area contributed by atoms with Crippen LogP contribution < -0.4 is 0 Å². The van der Waals surface area contributed by atoms with Crippen LogP contribution in [-0.2, 0) is 0 Å². The summed E-state index contributed by atoms with van der Waals surface area (Å²) in [7, 11) is 0. The highest BCUT2D eigenvalue weighted by atomic mass is 127. The van der Waals surface area contributed by atoms with Gasteiger partial charge in [0.1, 0.15) is 0 Å². The van der Waals surface area contributed by atoms with Gasteiger partial charge in [-0.25, -0.2) is 0 Å². The Morgan fingerprint density at radius 1 is 0.405 bits per heavy atom. The molecule has 0 heterocycles. The standard InChI is InChI=1S/C8H17I.C4F9I.C4F8I2/c1-2-3-4-5-6-7-8-9;5-1(6,3(9,10)11)2(7,8)4(12,13)14;5-1(6,3(9,10)13)2(7,8)4(11,12)14/h2-8H2,1H3;;. The lowest BCUT2D eigenvalue weighted by molar-refractivity contribution is -0.378. The molecular weight excluding hydrogens is 1020 g/mol. The monoisotopic (exact) mass is 1040 g/mol. The van der Waals surface area contributed by atoms with Gasteiger partial charge < -0.3 is 0 Å². The van der Waals surface area contributed by atoms with Crippen LogP contribution in [0.15, 0.2) is 0 Å². The highest BCUT2D eigenvalue weighted by molar-refractivity contribution is 14.1. The molecule has 0 rings (SSSR count). The van der Waals surface area contributed by atoms with Gasteiger partial charge in [0.25, 0.3) is 0 Å². The average Bonchev–Trinajstić information content (AvgIpc) is 2.65. The topological polar surface area (TPSA) is 0 Å². The minimum atomic E-state index is -6.77. The molecule has 0 atom stereocenters. The SMILES string of the molecule is CCCCCCCCI.FC(F)(F)C(F)(F)C(F)(F)C(F)(F)I.FC(F)(I)C(F)(F)C(F)(F)C(F)(F)I. The van der Waals surface area contributed by atoms with Crippen LogP contribution in [0.4, 0.5) is 74.6 Å². The van der Waals surface area contributed by atoms with E-state index in [1.54, 1.807) is 0 Å². The van der Waals surface area contributed by atoms with Crippen molar-refractivity contribution in [1.82, 2.24) is 0 Å². The lowest BCUT2D eigenvalue weighted by Crippen LogP contribution is -2.58. The maximum atomic E-state index is 12.2. The molecule has 21 heteroatoms. The van der Waals surface area contributed by atoms with Gasteiger partial charge in [-0.05, 0) is 10.8 Å². The summed E-state index contributed by atoms with van der Waals surface area (Å²) in [5, 5.41) is 0. The molecule has 0 aliphatic heterocycles. The lowest BCUT2D eigenvalue weighted by atomic mass is 10.1. The van der Waals surface area contributed by atoms with Gasteiger partial charge in [0.15, 0.2) is 0 Å². The van der Waals surface area contributed by atoms with Crippen LogP contribution in [0.5, 0.6) is 0 Å². The summed E-state index contributed by atoms with van der Waals surface area (Å²) in [5.41, 5.74) is 0. The van der Waals surface area contributed by atoms with Gasteiger partial charge in [0.05, 0.1) is 0 Å². The summed E-state index contributed by atoms with van der Waals surface area (Å²) in [6.45, 7) is 2.26. The number of hydrogen-bond acceptors (Lipinski definition) is 0. The van der Waals surface area contributed by atoms with Crippen LogP contribution in [0.25, 0.3) is 0 Å². The minimum absolute atomic E-state index is 0.315. The molecule has 0 aromatic heterocycles. The first-order chi connectivity index (χ1) is 15.9. The van der Waals surface area contributed by atoms with Gasteiger partial charge in [0, 0.05) is 67.8 Å². The Morgan fingerprint density at radius 3 is 0.838 bits per heavy atom. The first-order valence-electron chi connectivity index (χ1n) is 9.25. The van der Waals surface area contributed by atoms with E-state index < -0.39 is 64.2 Å². The summed E-state index contributed by atoms with van der Waals surface area (Å²) < 4.78 is 187. The predicted molar refractivity (Wildman–Crippen MR) is 135 cm³/mol. The van der Waals surface area contributed by atoms with E-state index in [1.807, 2.05) is 0 Å². The van der Waals surface area contributed by atoms with Crippen molar-refractivity contribution in [1.29, 1.82) is 0 Å². The van der Waals surface area contributed by atoms with E-state index in [4.69, 9.17) is 0 Å². The second kappa shape index (κ2) is 15.8. The van der Waals surface area contributed by atoms with E-state index in [-0.39, 0.29) is 45.2 Å². The fourth-order valence-corrected chi connectivity index (χ4v) is 3.14. The van der Waals surface area contributed by atoms with E-state index in [0.717, 1.165) is 0 Å². The van der Waals surface area contributed by atoms with Crippen LogP contribution in [0, 0.1) is 0 Å². The molecule has 0 bridgehead atoms. The maximum Gasteiger partial charge on any atom is 0.460 e. The van der Waals surface area contributed by atoms with Crippen LogP contribution in [-0.4, -0.2) is 46.1 Å². The lowest BCUT2D eigenvalue weighted by Gasteiger charge is -2.31. The van der Waals surface area contributed by atoms with Crippen molar-refractivity contribution in [2.45, 2.75) is 87.1 Å². The van der Waals surface area contributed by atoms with E-state index in [9.17, 15) is 74.6 Å². The fraction of sp³-hybridized carbons (Fsp3) is 1.00. The smallest absolute Gasteiger partial charge is 0.191 e. The molecule has 0 radical (unpaired) electrons. The Hall–Kier alpha value is 1.73. The number of hydrogen-bond donors (Lipinski definition) is 0. The van der Waals surface area contributed by atoms with Gasteiger partial charge in [-0.3, -0.25) is 0 Å². The third-order valence-corrected chi connectivity index (χ3v) is 6.49. The molecule has 37 heavy (non-hydrogen) atoms. The quantitative estimate of drug-likeness (QED) is 0.0837. The molecule has 0 aromatic rings. The Labute approximate surface area is 254 Å². The van der Waals surface area contributed by atoms with Crippen molar-refractivity contribution in [3.63, 3.8) is 0 Å². The van der Waals surface area contributed by atoms with Gasteiger partial charge in [-0.2, -0.15) is 74.6 Å². The van der Waals surface area contributed by atoms with Gasteiger partial charge in [0.2, 0.25) is 0 Å². The molecule has 228 valence electrons. The average molecular weight is 1040 g/mol. The molecule has 0 aliphatic carbocycles. The summed E-state index contributed by atoms with van der Waals surface area (Å²) >= 11 is 1.34. The van der Waals surface area contributed by atoms with Crippen molar-refractivity contribution in [2.24, 2.45) is 0 Å². The normalized spacial score (nSPS) is 14.4. The molecule has 0 aromatic carbocycles. The van der Waals surface area contributed by atoms with Crippen LogP contribution in [0.1, 0.15) is 45.4 Å². The summed E-state index contributed by atoms with van der Waals surface area (Å²) in [4.78, 5) is 0. The number of halogens is 21. The third kappa shape index (κ3) is 12.6. The molecule has 0 unspecified atom stereocenters. The number of rotatable bonds is 11. The van der Waals surface area contributed by atoms with Crippen molar-refractivity contribution in [2.75, 3.05) is 4.43 Å². The fourth-order valence-electron chi connectivity index (χ4n) is 1.59. The van der Waals surface area contributed by atoms with Crippen molar-refractivity contribution < 1.29 is 74.6 Å². The molecular formula is C16H17F17I4. The Kier molecular flexibility index (Phi) is 18.5. The minimum Gasteiger partial charge on any atom is -0.191 e.